The molecular weight excluding hydrogens is 284 g/mol. The Morgan fingerprint density at radius 3 is 2.86 bits per heavy atom. The van der Waals surface area contributed by atoms with Crippen molar-refractivity contribution >= 4 is 11.3 Å². The second kappa shape index (κ2) is 8.12. The Labute approximate surface area is 130 Å². The van der Waals surface area contributed by atoms with Gasteiger partial charge in [0.25, 0.3) is 0 Å². The molecule has 114 valence electrons. The predicted octanol–water partition coefficient (Wildman–Crippen LogP) is 3.07. The normalized spacial score (nSPS) is 10.8. The van der Waals surface area contributed by atoms with Crippen molar-refractivity contribution in [3.63, 3.8) is 0 Å². The topological polar surface area (TPSA) is 43.4 Å². The van der Waals surface area contributed by atoms with Crippen molar-refractivity contribution in [3.8, 4) is 5.75 Å². The predicted molar refractivity (Wildman–Crippen MR) is 85.9 cm³/mol. The van der Waals surface area contributed by atoms with Crippen molar-refractivity contribution in [2.45, 2.75) is 27.0 Å². The molecule has 1 aromatic heterocycles. The number of rotatable bonds is 8. The minimum atomic E-state index is 0.522. The second-order valence-electron chi connectivity index (χ2n) is 4.90. The van der Waals surface area contributed by atoms with Gasteiger partial charge in [0.15, 0.2) is 0 Å². The van der Waals surface area contributed by atoms with Crippen molar-refractivity contribution < 1.29 is 9.47 Å². The van der Waals surface area contributed by atoms with E-state index in [1.165, 1.54) is 5.56 Å². The molecule has 0 amide bonds. The number of benzene rings is 1. The summed E-state index contributed by atoms with van der Waals surface area (Å²) in [7, 11) is 1.71. The molecular formula is C16H22N2O2S. The summed E-state index contributed by atoms with van der Waals surface area (Å²) < 4.78 is 11.0. The number of para-hydroxylation sites is 1. The zero-order chi connectivity index (χ0) is 15.1. The van der Waals surface area contributed by atoms with Crippen molar-refractivity contribution in [1.82, 2.24) is 10.3 Å². The number of thiazole rings is 1. The molecule has 2 aromatic rings. The van der Waals surface area contributed by atoms with Crippen LogP contribution in [0.3, 0.4) is 0 Å². The Morgan fingerprint density at radius 2 is 2.14 bits per heavy atom. The molecule has 4 nitrogen and oxygen atoms in total. The number of nitrogens with zero attached hydrogens (tertiary/aromatic N) is 1. The van der Waals surface area contributed by atoms with E-state index < -0.39 is 0 Å². The van der Waals surface area contributed by atoms with Gasteiger partial charge in [-0.1, -0.05) is 18.2 Å². The van der Waals surface area contributed by atoms with Crippen LogP contribution in [0.5, 0.6) is 5.75 Å². The Hall–Kier alpha value is -1.43. The second-order valence-corrected chi connectivity index (χ2v) is 5.85. The first-order chi connectivity index (χ1) is 10.2. The summed E-state index contributed by atoms with van der Waals surface area (Å²) in [4.78, 5) is 4.43. The highest BCUT2D eigenvalue weighted by Gasteiger charge is 2.08. The molecule has 0 atom stereocenters. The summed E-state index contributed by atoms with van der Waals surface area (Å²) in [6.45, 7) is 6.90. The Balaban J connectivity index is 1.99. The van der Waals surface area contributed by atoms with E-state index in [4.69, 9.17) is 9.47 Å². The maximum atomic E-state index is 6.00. The minimum Gasteiger partial charge on any atom is -0.486 e. The lowest BCUT2D eigenvalue weighted by Crippen LogP contribution is -2.19. The fraction of sp³-hybridized carbons (Fsp3) is 0.438. The summed E-state index contributed by atoms with van der Waals surface area (Å²) in [6.07, 6.45) is 0. The van der Waals surface area contributed by atoms with Gasteiger partial charge >= 0.3 is 0 Å². The maximum Gasteiger partial charge on any atom is 0.140 e. The van der Waals surface area contributed by atoms with Crippen LogP contribution in [-0.2, 0) is 17.9 Å². The molecule has 0 aliphatic carbocycles. The fourth-order valence-electron chi connectivity index (χ4n) is 2.06. The van der Waals surface area contributed by atoms with Crippen LogP contribution in [0.4, 0.5) is 0 Å². The van der Waals surface area contributed by atoms with Crippen molar-refractivity contribution in [2.75, 3.05) is 20.3 Å². The lowest BCUT2D eigenvalue weighted by Gasteiger charge is -2.14. The first-order valence-corrected chi connectivity index (χ1v) is 7.90. The molecule has 2 rings (SSSR count). The van der Waals surface area contributed by atoms with Gasteiger partial charge in [-0.2, -0.15) is 0 Å². The fourth-order valence-corrected chi connectivity index (χ4v) is 2.74. The first-order valence-electron chi connectivity index (χ1n) is 7.02. The highest BCUT2D eigenvalue weighted by Crippen LogP contribution is 2.25. The van der Waals surface area contributed by atoms with E-state index in [0.29, 0.717) is 13.2 Å². The molecule has 0 radical (unpaired) electrons. The van der Waals surface area contributed by atoms with Gasteiger partial charge in [-0.15, -0.1) is 11.3 Å². The van der Waals surface area contributed by atoms with E-state index in [-0.39, 0.29) is 0 Å². The zero-order valence-electron chi connectivity index (χ0n) is 12.8. The molecule has 1 heterocycles. The molecule has 0 bridgehead atoms. The van der Waals surface area contributed by atoms with Crippen LogP contribution in [0.2, 0.25) is 0 Å². The Bertz CT molecular complexity index is 569. The highest BCUT2D eigenvalue weighted by atomic mass is 32.1. The third-order valence-corrected chi connectivity index (χ3v) is 4.04. The van der Waals surface area contributed by atoms with Crippen LogP contribution in [0.25, 0.3) is 0 Å². The van der Waals surface area contributed by atoms with Gasteiger partial charge < -0.3 is 14.8 Å². The van der Waals surface area contributed by atoms with Crippen LogP contribution in [0, 0.1) is 13.8 Å². The summed E-state index contributed by atoms with van der Waals surface area (Å²) in [5.74, 6) is 0.954. The number of hydrogen-bond acceptors (Lipinski definition) is 5. The van der Waals surface area contributed by atoms with E-state index in [0.717, 1.165) is 35.1 Å². The number of ether oxygens (including phenoxy) is 2. The van der Waals surface area contributed by atoms with Crippen molar-refractivity contribution in [3.05, 3.63) is 45.4 Å². The van der Waals surface area contributed by atoms with Crippen molar-refractivity contribution in [2.24, 2.45) is 0 Å². The number of hydrogen-bond donors (Lipinski definition) is 1. The largest absolute Gasteiger partial charge is 0.486 e. The van der Waals surface area contributed by atoms with Crippen LogP contribution >= 0.6 is 11.3 Å². The van der Waals surface area contributed by atoms with Gasteiger partial charge in [0.2, 0.25) is 0 Å². The molecule has 0 unspecified atom stereocenters. The number of methoxy groups -OCH3 is 1. The first kappa shape index (κ1) is 15.9. The van der Waals surface area contributed by atoms with Crippen LogP contribution in [0.15, 0.2) is 23.6 Å². The molecule has 0 saturated carbocycles. The van der Waals surface area contributed by atoms with E-state index in [9.17, 15) is 0 Å². The molecule has 21 heavy (non-hydrogen) atoms. The van der Waals surface area contributed by atoms with E-state index >= 15 is 0 Å². The third-order valence-electron chi connectivity index (χ3n) is 3.10. The zero-order valence-corrected chi connectivity index (χ0v) is 13.6. The quantitative estimate of drug-likeness (QED) is 0.761. The van der Waals surface area contributed by atoms with Crippen LogP contribution < -0.4 is 10.1 Å². The number of aromatic nitrogens is 1. The standard InChI is InChI=1S/C16H22N2O2S/c1-12-5-4-6-14(9-17-7-8-19-3)16(12)20-10-15-18-13(2)11-21-15/h4-6,11,17H,7-10H2,1-3H3. The Morgan fingerprint density at radius 1 is 1.29 bits per heavy atom. The van der Waals surface area contributed by atoms with Crippen LogP contribution in [-0.4, -0.2) is 25.2 Å². The summed E-state index contributed by atoms with van der Waals surface area (Å²) >= 11 is 1.64. The number of nitrogens with one attached hydrogen (secondary N) is 1. The average Bonchev–Trinajstić information content (AvgIpc) is 2.88. The van der Waals surface area contributed by atoms with Crippen molar-refractivity contribution in [1.29, 1.82) is 0 Å². The molecule has 0 saturated heterocycles. The van der Waals surface area contributed by atoms with E-state index in [1.807, 2.05) is 12.3 Å². The molecule has 0 aliphatic rings. The highest BCUT2D eigenvalue weighted by molar-refractivity contribution is 7.09. The SMILES string of the molecule is COCCNCc1cccc(C)c1OCc1nc(C)cs1. The van der Waals surface area contributed by atoms with Gasteiger partial charge in [-0.25, -0.2) is 4.98 Å². The molecule has 0 spiro atoms. The third kappa shape index (κ3) is 4.81. The summed E-state index contributed by atoms with van der Waals surface area (Å²) in [5, 5.41) is 6.41. The molecule has 1 N–H and O–H groups in total. The number of aryl methyl sites for hydroxylation is 2. The van der Waals surface area contributed by atoms with Crippen LogP contribution in [0.1, 0.15) is 21.8 Å². The Kier molecular flexibility index (Phi) is 6.17. The van der Waals surface area contributed by atoms with Gasteiger partial charge in [0.1, 0.15) is 17.4 Å². The molecule has 5 heteroatoms. The minimum absolute atomic E-state index is 0.522. The van der Waals surface area contributed by atoms with Gasteiger partial charge in [0.05, 0.1) is 6.61 Å². The van der Waals surface area contributed by atoms with E-state index in [2.05, 4.69) is 35.4 Å². The van der Waals surface area contributed by atoms with Gasteiger partial charge in [-0.3, -0.25) is 0 Å². The summed E-state index contributed by atoms with van der Waals surface area (Å²) in [5.41, 5.74) is 3.36. The maximum absolute atomic E-state index is 6.00. The average molecular weight is 306 g/mol. The lowest BCUT2D eigenvalue weighted by atomic mass is 10.1. The summed E-state index contributed by atoms with van der Waals surface area (Å²) in [6, 6.07) is 6.22. The molecule has 0 aliphatic heterocycles. The van der Waals surface area contributed by atoms with E-state index in [1.54, 1.807) is 18.4 Å². The monoisotopic (exact) mass is 306 g/mol. The van der Waals surface area contributed by atoms with Gasteiger partial charge in [0, 0.05) is 36.8 Å². The lowest BCUT2D eigenvalue weighted by molar-refractivity contribution is 0.199. The molecule has 0 fully saturated rings. The smallest absolute Gasteiger partial charge is 0.140 e. The van der Waals surface area contributed by atoms with Gasteiger partial charge in [-0.05, 0) is 19.4 Å². The molecule has 1 aromatic carbocycles.